The van der Waals surface area contributed by atoms with Crippen molar-refractivity contribution >= 4 is 10.9 Å². The van der Waals surface area contributed by atoms with Gasteiger partial charge in [-0.1, -0.05) is 32.9 Å². The summed E-state index contributed by atoms with van der Waals surface area (Å²) >= 11 is 0. The summed E-state index contributed by atoms with van der Waals surface area (Å²) in [4.78, 5) is 4.78. The largest absolute Gasteiger partial charge is 0.474 e. The van der Waals surface area contributed by atoms with Crippen molar-refractivity contribution in [1.82, 2.24) is 4.98 Å². The Balaban J connectivity index is 2.21. The van der Waals surface area contributed by atoms with E-state index in [0.717, 1.165) is 24.2 Å². The highest BCUT2D eigenvalue weighted by molar-refractivity contribution is 5.85. The fraction of sp³-hybridized carbons (Fsp3) is 0.500. The van der Waals surface area contributed by atoms with Crippen LogP contribution in [0.3, 0.4) is 0 Å². The van der Waals surface area contributed by atoms with E-state index in [1.807, 2.05) is 0 Å². The number of fused-ring (bicyclic) bond motifs is 2. The van der Waals surface area contributed by atoms with Crippen LogP contribution in [0.2, 0.25) is 0 Å². The lowest BCUT2D eigenvalue weighted by molar-refractivity contribution is 0.184. The number of ether oxygens (including phenoxy) is 1. The zero-order valence-corrected chi connectivity index (χ0v) is 13.1. The van der Waals surface area contributed by atoms with Crippen LogP contribution in [0, 0.1) is 6.92 Å². The third-order valence-corrected chi connectivity index (χ3v) is 4.31. The van der Waals surface area contributed by atoms with Gasteiger partial charge >= 0.3 is 0 Å². The molecule has 0 spiro atoms. The third-order valence-electron chi connectivity index (χ3n) is 4.31. The highest BCUT2D eigenvalue weighted by Crippen LogP contribution is 2.34. The number of aromatic nitrogens is 1. The minimum atomic E-state index is 0.147. The van der Waals surface area contributed by atoms with Gasteiger partial charge in [0.1, 0.15) is 0 Å². The lowest BCUT2D eigenvalue weighted by Gasteiger charge is -2.25. The average Bonchev–Trinajstić information content (AvgIpc) is 2.37. The van der Waals surface area contributed by atoms with Gasteiger partial charge < -0.3 is 4.74 Å². The monoisotopic (exact) mass is 269 g/mol. The van der Waals surface area contributed by atoms with E-state index in [-0.39, 0.29) is 11.5 Å². The van der Waals surface area contributed by atoms with Gasteiger partial charge in [-0.3, -0.25) is 0 Å². The molecule has 0 N–H and O–H groups in total. The van der Waals surface area contributed by atoms with Gasteiger partial charge in [0.25, 0.3) is 0 Å². The smallest absolute Gasteiger partial charge is 0.217 e. The maximum atomic E-state index is 5.94. The Bertz CT molecular complexity index is 667. The molecule has 1 aliphatic heterocycles. The number of aryl methyl sites for hydroxylation is 1. The Morgan fingerprint density at radius 2 is 2.00 bits per heavy atom. The summed E-state index contributed by atoms with van der Waals surface area (Å²) in [7, 11) is 0. The molecule has 0 amide bonds. The molecule has 0 saturated carbocycles. The van der Waals surface area contributed by atoms with E-state index < -0.39 is 0 Å². The first-order chi connectivity index (χ1) is 9.36. The van der Waals surface area contributed by atoms with Crippen molar-refractivity contribution in [3.05, 3.63) is 34.9 Å². The number of nitrogens with zero attached hydrogens (tertiary/aromatic N) is 1. The highest BCUT2D eigenvalue weighted by atomic mass is 16.5. The second kappa shape index (κ2) is 4.47. The third kappa shape index (κ3) is 2.17. The zero-order valence-electron chi connectivity index (χ0n) is 13.1. The minimum absolute atomic E-state index is 0.147. The van der Waals surface area contributed by atoms with Crippen molar-refractivity contribution in [3.63, 3.8) is 0 Å². The molecule has 0 aliphatic carbocycles. The molecule has 2 nitrogen and oxygen atoms in total. The van der Waals surface area contributed by atoms with Crippen LogP contribution >= 0.6 is 0 Å². The standard InChI is InChI=1S/C18H23NO/c1-11-6-8-15-12(2)14-9-7-13(18(3,4)5)10-16(14)19-17(15)20-11/h7,9-11H,6,8H2,1-5H3. The Kier molecular flexibility index (Phi) is 3.00. The second-order valence-corrected chi connectivity index (χ2v) is 6.97. The van der Waals surface area contributed by atoms with Crippen LogP contribution in [0.15, 0.2) is 18.2 Å². The first-order valence-corrected chi connectivity index (χ1v) is 7.46. The van der Waals surface area contributed by atoms with E-state index >= 15 is 0 Å². The molecule has 2 aromatic rings. The van der Waals surface area contributed by atoms with Crippen LogP contribution in [0.4, 0.5) is 0 Å². The first-order valence-electron chi connectivity index (χ1n) is 7.46. The van der Waals surface area contributed by atoms with Crippen molar-refractivity contribution in [3.8, 4) is 5.88 Å². The molecule has 1 unspecified atom stereocenters. The number of benzene rings is 1. The molecule has 3 rings (SSSR count). The Morgan fingerprint density at radius 3 is 2.70 bits per heavy atom. The lowest BCUT2D eigenvalue weighted by atomic mass is 9.86. The molecule has 2 heteroatoms. The Morgan fingerprint density at radius 1 is 1.25 bits per heavy atom. The van der Waals surface area contributed by atoms with E-state index in [9.17, 15) is 0 Å². The van der Waals surface area contributed by atoms with Crippen LogP contribution in [0.25, 0.3) is 10.9 Å². The van der Waals surface area contributed by atoms with Gasteiger partial charge in [-0.25, -0.2) is 4.98 Å². The van der Waals surface area contributed by atoms with Crippen LogP contribution in [-0.2, 0) is 11.8 Å². The first kappa shape index (κ1) is 13.4. The summed E-state index contributed by atoms with van der Waals surface area (Å²) < 4.78 is 5.94. The van der Waals surface area contributed by atoms with Gasteiger partial charge in [-0.05, 0) is 49.3 Å². The van der Waals surface area contributed by atoms with Crippen LogP contribution in [-0.4, -0.2) is 11.1 Å². The summed E-state index contributed by atoms with van der Waals surface area (Å²) in [6.45, 7) is 11.0. The van der Waals surface area contributed by atoms with Crippen molar-refractivity contribution < 1.29 is 4.74 Å². The van der Waals surface area contributed by atoms with Gasteiger partial charge in [0, 0.05) is 10.9 Å². The normalized spacial score (nSPS) is 18.8. The quantitative estimate of drug-likeness (QED) is 0.699. The molecule has 1 aromatic heterocycles. The summed E-state index contributed by atoms with van der Waals surface area (Å²) in [5, 5.41) is 1.26. The predicted octanol–water partition coefficient (Wildman–Crippen LogP) is 4.55. The summed E-state index contributed by atoms with van der Waals surface area (Å²) in [6, 6.07) is 6.66. The minimum Gasteiger partial charge on any atom is -0.474 e. The van der Waals surface area contributed by atoms with Crippen molar-refractivity contribution in [2.24, 2.45) is 0 Å². The Labute approximate surface area is 121 Å². The average molecular weight is 269 g/mol. The molecule has 1 aliphatic rings. The maximum Gasteiger partial charge on any atom is 0.217 e. The predicted molar refractivity (Wildman–Crippen MR) is 83.6 cm³/mol. The van der Waals surface area contributed by atoms with Gasteiger partial charge in [0.05, 0.1) is 11.6 Å². The van der Waals surface area contributed by atoms with E-state index in [2.05, 4.69) is 52.8 Å². The lowest BCUT2D eigenvalue weighted by Crippen LogP contribution is -2.20. The maximum absolute atomic E-state index is 5.94. The molecule has 106 valence electrons. The molecule has 20 heavy (non-hydrogen) atoms. The molecule has 1 aromatic carbocycles. The van der Waals surface area contributed by atoms with Crippen LogP contribution in [0.5, 0.6) is 5.88 Å². The van der Waals surface area contributed by atoms with Gasteiger partial charge in [0.15, 0.2) is 0 Å². The molecule has 0 radical (unpaired) electrons. The summed E-state index contributed by atoms with van der Waals surface area (Å²) in [5.41, 5.74) is 5.15. The van der Waals surface area contributed by atoms with E-state index in [1.165, 1.54) is 22.1 Å². The SMILES string of the molecule is Cc1c2c(nc3cc(C(C)(C)C)ccc13)OC(C)CC2. The second-order valence-electron chi connectivity index (χ2n) is 6.97. The number of hydrogen-bond acceptors (Lipinski definition) is 2. The topological polar surface area (TPSA) is 22.1 Å². The molecular weight excluding hydrogens is 246 g/mol. The van der Waals surface area contributed by atoms with Gasteiger partial charge in [0.2, 0.25) is 5.88 Å². The number of rotatable bonds is 0. The molecule has 0 bridgehead atoms. The van der Waals surface area contributed by atoms with Gasteiger partial charge in [-0.2, -0.15) is 0 Å². The van der Waals surface area contributed by atoms with Crippen molar-refractivity contribution in [2.45, 2.75) is 59.0 Å². The summed E-state index contributed by atoms with van der Waals surface area (Å²) in [6.07, 6.45) is 2.44. The number of pyridine rings is 1. The molecular formula is C18H23NO. The van der Waals surface area contributed by atoms with Crippen LogP contribution in [0.1, 0.15) is 50.8 Å². The van der Waals surface area contributed by atoms with E-state index in [0.29, 0.717) is 0 Å². The molecule has 0 fully saturated rings. The fourth-order valence-corrected chi connectivity index (χ4v) is 2.90. The number of hydrogen-bond donors (Lipinski definition) is 0. The molecule has 0 saturated heterocycles. The molecule has 2 heterocycles. The summed E-state index contributed by atoms with van der Waals surface area (Å²) in [5.74, 6) is 0.847. The highest BCUT2D eigenvalue weighted by Gasteiger charge is 2.22. The molecule has 1 atom stereocenters. The van der Waals surface area contributed by atoms with Crippen molar-refractivity contribution in [2.75, 3.05) is 0 Å². The van der Waals surface area contributed by atoms with Crippen LogP contribution < -0.4 is 4.74 Å². The fourth-order valence-electron chi connectivity index (χ4n) is 2.90. The Hall–Kier alpha value is -1.57. The van der Waals surface area contributed by atoms with Gasteiger partial charge in [-0.15, -0.1) is 0 Å². The van der Waals surface area contributed by atoms with Crippen molar-refractivity contribution in [1.29, 1.82) is 0 Å². The zero-order chi connectivity index (χ0) is 14.5. The van der Waals surface area contributed by atoms with E-state index in [4.69, 9.17) is 9.72 Å². The van der Waals surface area contributed by atoms with E-state index in [1.54, 1.807) is 0 Å².